The molecule has 0 aliphatic heterocycles. The van der Waals surface area contributed by atoms with Crippen LogP contribution < -0.4 is 0 Å². The fourth-order valence-electron chi connectivity index (χ4n) is 0.610. The quantitative estimate of drug-likeness (QED) is 0.577. The molecule has 0 amide bonds. The number of hydrogen-bond donors (Lipinski definition) is 0. The van der Waals surface area contributed by atoms with Crippen molar-refractivity contribution >= 4 is 32.2 Å². The van der Waals surface area contributed by atoms with Crippen LogP contribution in [0.3, 0.4) is 0 Å². The Hall–Kier alpha value is -0.480. The predicted molar refractivity (Wildman–Crippen MR) is 44.7 cm³/mol. The van der Waals surface area contributed by atoms with Crippen molar-refractivity contribution in [2.24, 2.45) is 0 Å². The van der Waals surface area contributed by atoms with E-state index >= 15 is 0 Å². The van der Waals surface area contributed by atoms with Crippen molar-refractivity contribution < 1.29 is 4.79 Å². The molecule has 3 nitrogen and oxygen atoms in total. The molecule has 1 heterocycles. The van der Waals surface area contributed by atoms with Gasteiger partial charge in [-0.25, -0.2) is 9.97 Å². The number of carbonyl (C=O) groups excluding carboxylic acids is 1. The average Bonchev–Trinajstić information content (AvgIpc) is 1.85. The van der Waals surface area contributed by atoms with Crippen LogP contribution in [-0.2, 0) is 11.2 Å². The number of halogens is 2. The second kappa shape index (κ2) is 3.78. The Bertz CT molecular complexity index is 279. The molecule has 58 valence electrons. The zero-order valence-electron chi connectivity index (χ0n) is 5.42. The van der Waals surface area contributed by atoms with Gasteiger partial charge in [0.2, 0.25) is 9.98 Å². The van der Waals surface area contributed by atoms with Gasteiger partial charge in [0.1, 0.15) is 0 Å². The fourth-order valence-corrected chi connectivity index (χ4v) is 1.06. The highest BCUT2D eigenvalue weighted by atomic mass is 79.9. The molecule has 0 fully saturated rings. The van der Waals surface area contributed by atoms with Crippen molar-refractivity contribution in [3.63, 3.8) is 0 Å². The van der Waals surface area contributed by atoms with Crippen LogP contribution in [0.5, 0.6) is 0 Å². The first kappa shape index (κ1) is 8.62. The summed E-state index contributed by atoms with van der Waals surface area (Å²) in [7, 11) is 0. The Balaban J connectivity index is 2.79. The third-order valence-electron chi connectivity index (χ3n) is 1.00. The van der Waals surface area contributed by atoms with Crippen LogP contribution in [0, 0.1) is 0 Å². The highest BCUT2D eigenvalue weighted by Gasteiger charge is 2.00. The monoisotopic (exact) mass is 234 g/mol. The summed E-state index contributed by atoms with van der Waals surface area (Å²) in [4.78, 5) is 18.0. The molecule has 0 saturated carbocycles. The molecule has 0 spiro atoms. The fraction of sp³-hybridized carbons (Fsp3) is 0.167. The minimum Gasteiger partial charge on any atom is -0.286 e. The topological polar surface area (TPSA) is 42.9 Å². The van der Waals surface area contributed by atoms with Crippen LogP contribution in [-0.4, -0.2) is 14.7 Å². The van der Waals surface area contributed by atoms with Gasteiger partial charge in [0.15, 0.2) is 0 Å². The molecule has 0 aliphatic carbocycles. The summed E-state index contributed by atoms with van der Waals surface area (Å²) in [6.07, 6.45) is 1.75. The van der Waals surface area contributed by atoms with Crippen LogP contribution >= 0.6 is 27.5 Å². The Kier molecular flexibility index (Phi) is 2.96. The first-order valence-corrected chi connectivity index (χ1v) is 4.01. The molecular formula is C6H4BrClN2O. The lowest BCUT2D eigenvalue weighted by molar-refractivity contribution is -0.109. The zero-order chi connectivity index (χ0) is 8.27. The average molecular weight is 235 g/mol. The molecular weight excluding hydrogens is 231 g/mol. The van der Waals surface area contributed by atoms with Gasteiger partial charge in [-0.05, 0) is 33.6 Å². The number of rotatable bonds is 2. The van der Waals surface area contributed by atoms with Gasteiger partial charge in [0, 0.05) is 6.20 Å². The molecule has 0 aromatic carbocycles. The van der Waals surface area contributed by atoms with Gasteiger partial charge < -0.3 is 0 Å². The van der Waals surface area contributed by atoms with E-state index in [4.69, 9.17) is 11.6 Å². The minimum atomic E-state index is -0.118. The zero-order valence-corrected chi connectivity index (χ0v) is 7.76. The smallest absolute Gasteiger partial charge is 0.222 e. The van der Waals surface area contributed by atoms with Gasteiger partial charge in [-0.1, -0.05) is 0 Å². The first-order chi connectivity index (χ1) is 5.18. The molecule has 11 heavy (non-hydrogen) atoms. The Labute approximate surface area is 76.9 Å². The van der Waals surface area contributed by atoms with Crippen molar-refractivity contribution in [1.29, 1.82) is 0 Å². The maximum absolute atomic E-state index is 10.5. The Morgan fingerprint density at radius 2 is 2.45 bits per heavy atom. The highest BCUT2D eigenvalue weighted by molar-refractivity contribution is 9.18. The summed E-state index contributed by atoms with van der Waals surface area (Å²) in [5, 5.41) is 0.163. The maximum atomic E-state index is 10.5. The van der Waals surface area contributed by atoms with Crippen molar-refractivity contribution in [2.75, 3.05) is 0 Å². The lowest BCUT2D eigenvalue weighted by Crippen LogP contribution is -1.96. The summed E-state index contributed by atoms with van der Waals surface area (Å²) in [6.45, 7) is 0. The second-order valence-electron chi connectivity index (χ2n) is 1.85. The van der Waals surface area contributed by atoms with E-state index in [1.807, 2.05) is 0 Å². The molecule has 0 bridgehead atoms. The molecule has 0 saturated heterocycles. The number of carbonyl (C=O) groups is 1. The van der Waals surface area contributed by atoms with Crippen LogP contribution in [0.4, 0.5) is 0 Å². The van der Waals surface area contributed by atoms with Gasteiger partial charge in [0.05, 0.1) is 12.1 Å². The number of aromatic nitrogens is 2. The molecule has 0 atom stereocenters. The standard InChI is InChI=1S/C6H4BrClN2O/c7-5(11)3-4-1-2-9-6(8)10-4/h1-2H,3H2. The summed E-state index contributed by atoms with van der Waals surface area (Å²) in [5.74, 6) is 0. The van der Waals surface area contributed by atoms with Gasteiger partial charge in [-0.3, -0.25) is 4.79 Å². The molecule has 1 aromatic heterocycles. The first-order valence-electron chi connectivity index (χ1n) is 2.84. The molecule has 0 unspecified atom stereocenters. The van der Waals surface area contributed by atoms with Gasteiger partial charge in [-0.2, -0.15) is 0 Å². The minimum absolute atomic E-state index is 0.118. The number of nitrogens with zero attached hydrogens (tertiary/aromatic N) is 2. The normalized spacial score (nSPS) is 9.64. The van der Waals surface area contributed by atoms with Crippen LogP contribution in [0.2, 0.25) is 5.28 Å². The van der Waals surface area contributed by atoms with Crippen LogP contribution in [0.15, 0.2) is 12.3 Å². The van der Waals surface area contributed by atoms with Gasteiger partial charge in [-0.15, -0.1) is 0 Å². The number of hydrogen-bond acceptors (Lipinski definition) is 3. The van der Waals surface area contributed by atoms with E-state index in [0.29, 0.717) is 5.69 Å². The van der Waals surface area contributed by atoms with E-state index in [-0.39, 0.29) is 16.4 Å². The SMILES string of the molecule is O=C(Br)Cc1ccnc(Cl)n1. The largest absolute Gasteiger partial charge is 0.286 e. The van der Waals surface area contributed by atoms with Crippen molar-refractivity contribution in [1.82, 2.24) is 9.97 Å². The maximum Gasteiger partial charge on any atom is 0.222 e. The molecule has 5 heteroatoms. The lowest BCUT2D eigenvalue weighted by atomic mass is 10.3. The second-order valence-corrected chi connectivity index (χ2v) is 3.07. The summed E-state index contributed by atoms with van der Waals surface area (Å²) >= 11 is 8.27. The van der Waals surface area contributed by atoms with Crippen molar-refractivity contribution in [3.8, 4) is 0 Å². The Morgan fingerprint density at radius 1 is 1.73 bits per heavy atom. The molecule has 1 rings (SSSR count). The van der Waals surface area contributed by atoms with E-state index in [1.54, 1.807) is 6.07 Å². The molecule has 0 N–H and O–H groups in total. The van der Waals surface area contributed by atoms with Gasteiger partial charge >= 0.3 is 0 Å². The summed E-state index contributed by atoms with van der Waals surface area (Å²) in [5.41, 5.74) is 0.617. The van der Waals surface area contributed by atoms with E-state index in [2.05, 4.69) is 25.9 Å². The molecule has 0 aliphatic rings. The summed E-state index contributed by atoms with van der Waals surface area (Å²) in [6, 6.07) is 1.64. The van der Waals surface area contributed by atoms with Crippen LogP contribution in [0.25, 0.3) is 0 Å². The third kappa shape index (κ3) is 2.95. The van der Waals surface area contributed by atoms with E-state index in [0.717, 1.165) is 0 Å². The van der Waals surface area contributed by atoms with Gasteiger partial charge in [0.25, 0.3) is 0 Å². The lowest BCUT2D eigenvalue weighted by Gasteiger charge is -1.93. The Morgan fingerprint density at radius 3 is 3.00 bits per heavy atom. The third-order valence-corrected chi connectivity index (χ3v) is 1.47. The van der Waals surface area contributed by atoms with E-state index in [1.165, 1.54) is 6.20 Å². The van der Waals surface area contributed by atoms with Crippen molar-refractivity contribution in [3.05, 3.63) is 23.2 Å². The van der Waals surface area contributed by atoms with E-state index < -0.39 is 0 Å². The van der Waals surface area contributed by atoms with E-state index in [9.17, 15) is 4.79 Å². The molecule has 1 aromatic rings. The predicted octanol–water partition coefficient (Wildman–Crippen LogP) is 1.59. The highest BCUT2D eigenvalue weighted by Crippen LogP contribution is 2.03. The van der Waals surface area contributed by atoms with Crippen LogP contribution in [0.1, 0.15) is 5.69 Å². The summed E-state index contributed by atoms with van der Waals surface area (Å²) < 4.78 is -0.118. The van der Waals surface area contributed by atoms with Crippen molar-refractivity contribution in [2.45, 2.75) is 6.42 Å². The molecule has 0 radical (unpaired) electrons.